The fourth-order valence-electron chi connectivity index (χ4n) is 3.53. The highest BCUT2D eigenvalue weighted by molar-refractivity contribution is 7.08. The normalized spacial score (nSPS) is 16.9. The van der Waals surface area contributed by atoms with Crippen LogP contribution in [0, 0.1) is 13.8 Å². The first-order valence-corrected chi connectivity index (χ1v) is 9.75. The molecule has 0 bridgehead atoms. The van der Waals surface area contributed by atoms with Crippen molar-refractivity contribution in [2.45, 2.75) is 46.1 Å². The van der Waals surface area contributed by atoms with E-state index in [9.17, 15) is 4.79 Å². The molecule has 1 aliphatic heterocycles. The molecule has 140 valence electrons. The molecule has 0 unspecified atom stereocenters. The predicted octanol–water partition coefficient (Wildman–Crippen LogP) is 3.14. The zero-order valence-corrected chi connectivity index (χ0v) is 16.3. The Kier molecular flexibility index (Phi) is 4.69. The Labute approximate surface area is 160 Å². The second-order valence-electron chi connectivity index (χ2n) is 6.56. The Morgan fingerprint density at radius 2 is 2.26 bits per heavy atom. The van der Waals surface area contributed by atoms with Crippen LogP contribution in [0.15, 0.2) is 16.8 Å². The fraction of sp³-hybridized carbons (Fsp3) is 0.444. The van der Waals surface area contributed by atoms with Gasteiger partial charge in [-0.3, -0.25) is 4.79 Å². The molecule has 1 amide bonds. The molecule has 0 spiro atoms. The minimum Gasteiger partial charge on any atom is -0.361 e. The molecule has 4 heterocycles. The maximum Gasteiger partial charge on any atom is 0.268 e. The number of likely N-dealkylation sites (tertiary alicyclic amines) is 1. The zero-order chi connectivity index (χ0) is 19.0. The van der Waals surface area contributed by atoms with Crippen LogP contribution in [-0.4, -0.2) is 42.1 Å². The van der Waals surface area contributed by atoms with Crippen LogP contribution in [0.5, 0.6) is 0 Å². The Hall–Kier alpha value is -2.68. The molecular formula is C18H20N6O2S. The second kappa shape index (κ2) is 7.15. The number of aromatic nitrogens is 5. The standard InChI is InChI=1S/C18H20N6O2S/c1-4-12-16(27-23-21-12)18(25)24-9-5-6-14(24)13-7-8-19-17(20-13)15-10(2)22-26-11(15)3/h7-8,14H,4-6,9H2,1-3H3/t14-/m0/s1. The third-order valence-corrected chi connectivity index (χ3v) is 5.63. The van der Waals surface area contributed by atoms with E-state index in [1.165, 1.54) is 11.5 Å². The predicted molar refractivity (Wildman–Crippen MR) is 99.3 cm³/mol. The molecule has 9 heteroatoms. The van der Waals surface area contributed by atoms with Gasteiger partial charge in [-0.15, -0.1) is 5.10 Å². The van der Waals surface area contributed by atoms with Gasteiger partial charge in [0.2, 0.25) is 0 Å². The maximum absolute atomic E-state index is 13.1. The van der Waals surface area contributed by atoms with Crippen molar-refractivity contribution in [1.29, 1.82) is 0 Å². The highest BCUT2D eigenvalue weighted by atomic mass is 32.1. The van der Waals surface area contributed by atoms with Gasteiger partial charge in [-0.1, -0.05) is 16.6 Å². The van der Waals surface area contributed by atoms with E-state index in [0.717, 1.165) is 35.5 Å². The third-order valence-electron chi connectivity index (χ3n) is 4.87. The van der Waals surface area contributed by atoms with E-state index in [0.29, 0.717) is 29.4 Å². The number of carbonyl (C=O) groups excluding carboxylic acids is 1. The lowest BCUT2D eigenvalue weighted by Crippen LogP contribution is -2.31. The van der Waals surface area contributed by atoms with E-state index in [-0.39, 0.29) is 11.9 Å². The molecule has 3 aromatic rings. The Morgan fingerprint density at radius 3 is 3.00 bits per heavy atom. The Bertz CT molecular complexity index is 962. The second-order valence-corrected chi connectivity index (χ2v) is 7.32. The van der Waals surface area contributed by atoms with E-state index < -0.39 is 0 Å². The topological polar surface area (TPSA) is 97.9 Å². The maximum atomic E-state index is 13.1. The molecule has 27 heavy (non-hydrogen) atoms. The molecule has 0 radical (unpaired) electrons. The first kappa shape index (κ1) is 17.7. The number of nitrogens with zero attached hydrogens (tertiary/aromatic N) is 6. The van der Waals surface area contributed by atoms with E-state index in [4.69, 9.17) is 9.51 Å². The molecular weight excluding hydrogens is 364 g/mol. The van der Waals surface area contributed by atoms with Gasteiger partial charge < -0.3 is 9.42 Å². The van der Waals surface area contributed by atoms with Gasteiger partial charge in [-0.2, -0.15) is 0 Å². The summed E-state index contributed by atoms with van der Waals surface area (Å²) in [5, 5.41) is 8.05. The number of aryl methyl sites for hydroxylation is 3. The largest absolute Gasteiger partial charge is 0.361 e. The summed E-state index contributed by atoms with van der Waals surface area (Å²) in [6.45, 7) is 6.40. The molecule has 4 rings (SSSR count). The van der Waals surface area contributed by atoms with Gasteiger partial charge in [0.05, 0.1) is 28.7 Å². The number of hydrogen-bond acceptors (Lipinski definition) is 8. The van der Waals surface area contributed by atoms with Gasteiger partial charge in [0.1, 0.15) is 10.6 Å². The smallest absolute Gasteiger partial charge is 0.268 e. The summed E-state index contributed by atoms with van der Waals surface area (Å²) in [4.78, 5) is 24.7. The van der Waals surface area contributed by atoms with Crippen molar-refractivity contribution >= 4 is 17.4 Å². The summed E-state index contributed by atoms with van der Waals surface area (Å²) in [6, 6.07) is 1.80. The van der Waals surface area contributed by atoms with Crippen molar-refractivity contribution in [2.75, 3.05) is 6.54 Å². The van der Waals surface area contributed by atoms with Gasteiger partial charge in [0.25, 0.3) is 5.91 Å². The first-order chi connectivity index (χ1) is 13.1. The average Bonchev–Trinajstić information content (AvgIpc) is 3.41. The first-order valence-electron chi connectivity index (χ1n) is 8.98. The van der Waals surface area contributed by atoms with Crippen LogP contribution in [0.25, 0.3) is 11.4 Å². The summed E-state index contributed by atoms with van der Waals surface area (Å²) < 4.78 is 9.19. The number of hydrogen-bond donors (Lipinski definition) is 0. The van der Waals surface area contributed by atoms with Gasteiger partial charge in [-0.25, -0.2) is 9.97 Å². The third kappa shape index (κ3) is 3.12. The van der Waals surface area contributed by atoms with Crippen molar-refractivity contribution in [3.63, 3.8) is 0 Å². The van der Waals surface area contributed by atoms with Crippen molar-refractivity contribution in [1.82, 2.24) is 29.6 Å². The molecule has 1 saturated heterocycles. The monoisotopic (exact) mass is 384 g/mol. The molecule has 1 fully saturated rings. The van der Waals surface area contributed by atoms with E-state index in [2.05, 4.69) is 19.7 Å². The number of carbonyl (C=O) groups is 1. The van der Waals surface area contributed by atoms with Crippen LogP contribution in [0.2, 0.25) is 0 Å². The highest BCUT2D eigenvalue weighted by Gasteiger charge is 2.34. The SMILES string of the molecule is CCc1nnsc1C(=O)N1CCC[C@H]1c1ccnc(-c2c(C)noc2C)n1. The molecule has 8 nitrogen and oxygen atoms in total. The van der Waals surface area contributed by atoms with E-state index in [1.807, 2.05) is 31.7 Å². The quantitative estimate of drug-likeness (QED) is 0.681. The van der Waals surface area contributed by atoms with E-state index >= 15 is 0 Å². The minimum absolute atomic E-state index is 0.0122. The molecule has 0 aliphatic carbocycles. The van der Waals surface area contributed by atoms with Crippen molar-refractivity contribution in [3.05, 3.63) is 40.0 Å². The Morgan fingerprint density at radius 1 is 1.41 bits per heavy atom. The average molecular weight is 384 g/mol. The summed E-state index contributed by atoms with van der Waals surface area (Å²) in [5.74, 6) is 1.26. The molecule has 0 N–H and O–H groups in total. The van der Waals surface area contributed by atoms with Gasteiger partial charge >= 0.3 is 0 Å². The van der Waals surface area contributed by atoms with Crippen LogP contribution >= 0.6 is 11.5 Å². The molecule has 1 aliphatic rings. The summed E-state index contributed by atoms with van der Waals surface area (Å²) in [5.41, 5.74) is 3.16. The highest BCUT2D eigenvalue weighted by Crippen LogP contribution is 2.34. The van der Waals surface area contributed by atoms with Crippen LogP contribution in [0.4, 0.5) is 0 Å². The lowest BCUT2D eigenvalue weighted by molar-refractivity contribution is 0.0736. The summed E-state index contributed by atoms with van der Waals surface area (Å²) in [6.07, 6.45) is 4.24. The lowest BCUT2D eigenvalue weighted by Gasteiger charge is -2.24. The molecule has 1 atom stereocenters. The van der Waals surface area contributed by atoms with Crippen LogP contribution in [-0.2, 0) is 6.42 Å². The number of amides is 1. The number of rotatable bonds is 4. The molecule has 3 aromatic heterocycles. The molecule has 0 aromatic carbocycles. The van der Waals surface area contributed by atoms with E-state index in [1.54, 1.807) is 6.20 Å². The minimum atomic E-state index is -0.0773. The van der Waals surface area contributed by atoms with Gasteiger partial charge in [0.15, 0.2) is 5.82 Å². The van der Waals surface area contributed by atoms with Gasteiger partial charge in [-0.05, 0) is 50.7 Å². The Balaban J connectivity index is 1.67. The van der Waals surface area contributed by atoms with Crippen LogP contribution in [0.1, 0.15) is 58.3 Å². The lowest BCUT2D eigenvalue weighted by atomic mass is 10.1. The van der Waals surface area contributed by atoms with Crippen molar-refractivity contribution in [3.8, 4) is 11.4 Å². The van der Waals surface area contributed by atoms with Crippen molar-refractivity contribution < 1.29 is 9.32 Å². The summed E-state index contributed by atoms with van der Waals surface area (Å²) >= 11 is 1.17. The van der Waals surface area contributed by atoms with Crippen molar-refractivity contribution in [2.24, 2.45) is 0 Å². The summed E-state index contributed by atoms with van der Waals surface area (Å²) in [7, 11) is 0. The zero-order valence-electron chi connectivity index (χ0n) is 15.5. The fourth-order valence-corrected chi connectivity index (χ4v) is 4.24. The molecule has 0 saturated carbocycles. The van der Waals surface area contributed by atoms with Gasteiger partial charge in [0, 0.05) is 12.7 Å². The van der Waals surface area contributed by atoms with Crippen LogP contribution < -0.4 is 0 Å². The van der Waals surface area contributed by atoms with Crippen LogP contribution in [0.3, 0.4) is 0 Å².